The van der Waals surface area contributed by atoms with Gasteiger partial charge in [-0.05, 0) is 36.4 Å². The Morgan fingerprint density at radius 2 is 1.96 bits per heavy atom. The fraction of sp³-hybridized carbons (Fsp3) is 0.381. The van der Waals surface area contributed by atoms with Gasteiger partial charge in [-0.15, -0.1) is 0 Å². The molecule has 2 aromatic rings. The first kappa shape index (κ1) is 17.8. The maximum absolute atomic E-state index is 13.3. The molecule has 2 aliphatic rings. The van der Waals surface area contributed by atoms with E-state index < -0.39 is 0 Å². The van der Waals surface area contributed by atoms with Crippen molar-refractivity contribution >= 4 is 11.6 Å². The summed E-state index contributed by atoms with van der Waals surface area (Å²) in [7, 11) is 0. The molecule has 2 heterocycles. The first-order valence-corrected chi connectivity index (χ1v) is 9.48. The van der Waals surface area contributed by atoms with Gasteiger partial charge in [0, 0.05) is 30.5 Å². The van der Waals surface area contributed by atoms with Crippen molar-refractivity contribution in [3.05, 3.63) is 53.8 Å². The molecule has 5 nitrogen and oxygen atoms in total. The highest BCUT2D eigenvalue weighted by molar-refractivity contribution is 5.91. The number of halogens is 1. The van der Waals surface area contributed by atoms with E-state index >= 15 is 0 Å². The molecule has 0 spiro atoms. The van der Waals surface area contributed by atoms with Crippen molar-refractivity contribution in [2.75, 3.05) is 31.6 Å². The average molecular weight is 371 g/mol. The Kier molecular flexibility index (Phi) is 5.25. The highest BCUT2D eigenvalue weighted by Gasteiger charge is 2.32. The van der Waals surface area contributed by atoms with Crippen LogP contribution < -0.4 is 19.7 Å². The molecule has 0 aliphatic carbocycles. The fourth-order valence-corrected chi connectivity index (χ4v) is 3.90. The number of likely N-dealkylation sites (tertiary alicyclic amines) is 1. The number of quaternary nitrogens is 1. The molecule has 0 bridgehead atoms. The van der Waals surface area contributed by atoms with Gasteiger partial charge >= 0.3 is 0 Å². The van der Waals surface area contributed by atoms with E-state index in [2.05, 4.69) is 17.4 Å². The largest absolute Gasteiger partial charge is 0.490 e. The van der Waals surface area contributed by atoms with Gasteiger partial charge in [-0.2, -0.15) is 0 Å². The smallest absolute Gasteiger partial charge is 0.279 e. The van der Waals surface area contributed by atoms with Crippen LogP contribution in [0.4, 0.5) is 10.1 Å². The molecular formula is C21H24FN2O3+. The quantitative estimate of drug-likeness (QED) is 0.868. The molecule has 142 valence electrons. The summed E-state index contributed by atoms with van der Waals surface area (Å²) in [4.78, 5) is 13.7. The van der Waals surface area contributed by atoms with Crippen LogP contribution in [0.15, 0.2) is 42.5 Å². The Hall–Kier alpha value is -2.60. The van der Waals surface area contributed by atoms with Crippen LogP contribution in [-0.4, -0.2) is 32.2 Å². The maximum atomic E-state index is 13.3. The van der Waals surface area contributed by atoms with Crippen LogP contribution in [-0.2, 0) is 4.79 Å². The molecule has 2 N–H and O–H groups in total. The Balaban J connectivity index is 1.44. The number of hydrogen-bond acceptors (Lipinski definition) is 3. The van der Waals surface area contributed by atoms with Gasteiger partial charge in [0.1, 0.15) is 11.9 Å². The number of carbonyl (C=O) groups excluding carboxylic acids is 1. The first-order valence-electron chi connectivity index (χ1n) is 9.48. The molecule has 2 aromatic carbocycles. The molecule has 1 saturated heterocycles. The Labute approximate surface area is 158 Å². The minimum absolute atomic E-state index is 0.100. The minimum Gasteiger partial charge on any atom is -0.490 e. The molecule has 2 atom stereocenters. The monoisotopic (exact) mass is 371 g/mol. The van der Waals surface area contributed by atoms with Gasteiger partial charge in [0.25, 0.3) is 5.91 Å². The van der Waals surface area contributed by atoms with E-state index in [0.29, 0.717) is 25.4 Å². The molecule has 27 heavy (non-hydrogen) atoms. The summed E-state index contributed by atoms with van der Waals surface area (Å²) in [6.45, 7) is 2.63. The van der Waals surface area contributed by atoms with E-state index in [1.807, 2.05) is 6.07 Å². The minimum atomic E-state index is -0.355. The van der Waals surface area contributed by atoms with Gasteiger partial charge in [-0.1, -0.05) is 6.07 Å². The second-order valence-corrected chi connectivity index (χ2v) is 7.10. The van der Waals surface area contributed by atoms with Crippen molar-refractivity contribution in [1.82, 2.24) is 0 Å². The second-order valence-electron chi connectivity index (χ2n) is 7.10. The number of hydrogen-bond donors (Lipinski definition) is 2. The van der Waals surface area contributed by atoms with Crippen LogP contribution in [0.5, 0.6) is 11.5 Å². The van der Waals surface area contributed by atoms with Crippen LogP contribution in [0, 0.1) is 5.82 Å². The summed E-state index contributed by atoms with van der Waals surface area (Å²) in [6.07, 6.45) is 2.98. The summed E-state index contributed by atoms with van der Waals surface area (Å²) in [6, 6.07) is 12.3. The lowest BCUT2D eigenvalue weighted by molar-refractivity contribution is -0.910. The standard InChI is InChI=1S/C21H23FN2O3/c22-16-4-1-5-17(13-16)23-21(25)14-24-9-2-6-18(24)15-7-8-19-20(12-15)27-11-3-10-26-19/h1,4-5,7-8,12-13,18H,2-3,6,9-11,14H2,(H,23,25)/p+1/t18-/m0/s1. The third-order valence-corrected chi connectivity index (χ3v) is 5.15. The zero-order valence-corrected chi connectivity index (χ0v) is 15.2. The lowest BCUT2D eigenvalue weighted by Crippen LogP contribution is -3.11. The van der Waals surface area contributed by atoms with Crippen molar-refractivity contribution < 1.29 is 23.6 Å². The lowest BCUT2D eigenvalue weighted by atomic mass is 10.0. The number of anilines is 1. The van der Waals surface area contributed by atoms with E-state index in [1.165, 1.54) is 22.6 Å². The van der Waals surface area contributed by atoms with Crippen LogP contribution in [0.3, 0.4) is 0 Å². The third kappa shape index (κ3) is 4.22. The van der Waals surface area contributed by atoms with Crippen molar-refractivity contribution in [3.63, 3.8) is 0 Å². The van der Waals surface area contributed by atoms with Crippen molar-refractivity contribution in [2.45, 2.75) is 25.3 Å². The molecular weight excluding hydrogens is 347 g/mol. The molecule has 0 saturated carbocycles. The van der Waals surface area contributed by atoms with Gasteiger partial charge in [0.2, 0.25) is 0 Å². The zero-order valence-electron chi connectivity index (χ0n) is 15.2. The molecule has 0 radical (unpaired) electrons. The Morgan fingerprint density at radius 1 is 1.11 bits per heavy atom. The summed E-state index contributed by atoms with van der Waals surface area (Å²) in [5.74, 6) is 1.13. The topological polar surface area (TPSA) is 52.0 Å². The van der Waals surface area contributed by atoms with Gasteiger partial charge < -0.3 is 19.7 Å². The van der Waals surface area contributed by atoms with Crippen LogP contribution in [0.25, 0.3) is 0 Å². The van der Waals surface area contributed by atoms with Crippen molar-refractivity contribution in [2.24, 2.45) is 0 Å². The molecule has 1 unspecified atom stereocenters. The van der Waals surface area contributed by atoms with Crippen molar-refractivity contribution in [3.8, 4) is 11.5 Å². The van der Waals surface area contributed by atoms with Gasteiger partial charge in [0.15, 0.2) is 18.0 Å². The summed E-state index contributed by atoms with van der Waals surface area (Å²) in [5.41, 5.74) is 1.66. The normalized spacial score (nSPS) is 21.5. The molecule has 1 fully saturated rings. The van der Waals surface area contributed by atoms with E-state index in [4.69, 9.17) is 9.47 Å². The Morgan fingerprint density at radius 3 is 2.81 bits per heavy atom. The number of rotatable bonds is 4. The average Bonchev–Trinajstić information content (AvgIpc) is 2.97. The third-order valence-electron chi connectivity index (χ3n) is 5.15. The number of nitrogens with one attached hydrogen (secondary N) is 2. The highest BCUT2D eigenvalue weighted by Crippen LogP contribution is 2.33. The fourth-order valence-electron chi connectivity index (χ4n) is 3.90. The van der Waals surface area contributed by atoms with E-state index in [9.17, 15) is 9.18 Å². The molecule has 2 aliphatic heterocycles. The second kappa shape index (κ2) is 7.96. The molecule has 4 rings (SSSR count). The Bertz CT molecular complexity index is 827. The van der Waals surface area contributed by atoms with Crippen LogP contribution >= 0.6 is 0 Å². The van der Waals surface area contributed by atoms with E-state index in [-0.39, 0.29) is 17.8 Å². The lowest BCUT2D eigenvalue weighted by Gasteiger charge is -2.22. The van der Waals surface area contributed by atoms with Gasteiger partial charge in [-0.3, -0.25) is 4.79 Å². The predicted molar refractivity (Wildman–Crippen MR) is 99.8 cm³/mol. The number of benzene rings is 2. The molecule has 6 heteroatoms. The summed E-state index contributed by atoms with van der Waals surface area (Å²) < 4.78 is 24.8. The number of carbonyl (C=O) groups is 1. The predicted octanol–water partition coefficient (Wildman–Crippen LogP) is 2.35. The first-order chi connectivity index (χ1) is 13.2. The molecule has 1 amide bonds. The number of ether oxygens (including phenoxy) is 2. The SMILES string of the molecule is O=C(C[NH+]1CCC[C@H]1c1ccc2c(c1)OCCCO2)Nc1cccc(F)c1. The zero-order chi connectivity index (χ0) is 18.6. The number of fused-ring (bicyclic) bond motifs is 1. The van der Waals surface area contributed by atoms with E-state index in [0.717, 1.165) is 37.3 Å². The highest BCUT2D eigenvalue weighted by atomic mass is 19.1. The van der Waals surface area contributed by atoms with Crippen molar-refractivity contribution in [1.29, 1.82) is 0 Å². The van der Waals surface area contributed by atoms with Gasteiger partial charge in [0.05, 0.1) is 19.8 Å². The van der Waals surface area contributed by atoms with Crippen LogP contribution in [0.1, 0.15) is 30.9 Å². The summed E-state index contributed by atoms with van der Waals surface area (Å²) >= 11 is 0. The van der Waals surface area contributed by atoms with Crippen LogP contribution in [0.2, 0.25) is 0 Å². The number of amides is 1. The molecule has 0 aromatic heterocycles. The van der Waals surface area contributed by atoms with Gasteiger partial charge in [-0.25, -0.2) is 4.39 Å². The summed E-state index contributed by atoms with van der Waals surface area (Å²) in [5, 5.41) is 2.80. The van der Waals surface area contributed by atoms with E-state index in [1.54, 1.807) is 12.1 Å². The maximum Gasteiger partial charge on any atom is 0.279 e.